The Morgan fingerprint density at radius 1 is 1.09 bits per heavy atom. The van der Waals surface area contributed by atoms with Gasteiger partial charge < -0.3 is 20.3 Å². The summed E-state index contributed by atoms with van der Waals surface area (Å²) in [5.41, 5.74) is 9.01. The largest absolute Gasteiger partial charge is 0.381 e. The summed E-state index contributed by atoms with van der Waals surface area (Å²) in [5.74, 6) is -0.0934. The molecular weight excluding hydrogens is 432 g/mol. The van der Waals surface area contributed by atoms with Crippen LogP contribution in [-0.4, -0.2) is 60.5 Å². The summed E-state index contributed by atoms with van der Waals surface area (Å²) in [7, 11) is 0. The Bertz CT molecular complexity index is 937. The number of carbonyl (C=O) groups is 3. The van der Waals surface area contributed by atoms with E-state index < -0.39 is 6.04 Å². The molecule has 3 fully saturated rings. The highest BCUT2D eigenvalue weighted by atomic mass is 16.5. The molecule has 3 aliphatic heterocycles. The first-order chi connectivity index (χ1) is 16.5. The number of nitrogens with one attached hydrogen (secondary N) is 1. The topological polar surface area (TPSA) is 105 Å². The maximum Gasteiger partial charge on any atom is 0.255 e. The van der Waals surface area contributed by atoms with E-state index in [4.69, 9.17) is 10.5 Å². The first-order valence-electron chi connectivity index (χ1n) is 12.9. The number of amides is 3. The second-order valence-electron chi connectivity index (χ2n) is 10.3. The number of nitrogens with zero attached hydrogens (tertiary/aromatic N) is 2. The predicted molar refractivity (Wildman–Crippen MR) is 128 cm³/mol. The van der Waals surface area contributed by atoms with Crippen molar-refractivity contribution in [3.05, 3.63) is 29.3 Å². The Labute approximate surface area is 201 Å². The molecule has 0 aromatic heterocycles. The molecule has 2 unspecified atom stereocenters. The SMILES string of the molecule is NC1CCC(N(CCCC2CCOC2)c2cccc3c2CN(C2CCC(=O)NC2=O)C3=O)CC1. The van der Waals surface area contributed by atoms with E-state index in [1.165, 1.54) is 0 Å². The Morgan fingerprint density at radius 2 is 1.91 bits per heavy atom. The molecule has 2 atom stereocenters. The van der Waals surface area contributed by atoms with E-state index in [0.717, 1.165) is 76.0 Å². The summed E-state index contributed by atoms with van der Waals surface area (Å²) in [6, 6.07) is 6.07. The van der Waals surface area contributed by atoms with Gasteiger partial charge in [0.25, 0.3) is 5.91 Å². The van der Waals surface area contributed by atoms with Crippen LogP contribution in [0.3, 0.4) is 0 Å². The molecule has 3 amide bonds. The molecule has 184 valence electrons. The van der Waals surface area contributed by atoms with Gasteiger partial charge in [-0.3, -0.25) is 19.7 Å². The van der Waals surface area contributed by atoms with Gasteiger partial charge in [0.15, 0.2) is 0 Å². The van der Waals surface area contributed by atoms with Crippen molar-refractivity contribution in [2.45, 2.75) is 82.5 Å². The summed E-state index contributed by atoms with van der Waals surface area (Å²) in [6.07, 6.45) is 8.20. The lowest BCUT2D eigenvalue weighted by molar-refractivity contribution is -0.136. The fourth-order valence-corrected chi connectivity index (χ4v) is 6.11. The van der Waals surface area contributed by atoms with E-state index in [2.05, 4.69) is 16.3 Å². The fourth-order valence-electron chi connectivity index (χ4n) is 6.11. The van der Waals surface area contributed by atoms with Crippen molar-refractivity contribution in [1.82, 2.24) is 10.2 Å². The average Bonchev–Trinajstić information content (AvgIpc) is 3.46. The average molecular weight is 469 g/mol. The number of piperidine rings is 1. The van der Waals surface area contributed by atoms with E-state index in [0.29, 0.717) is 30.5 Å². The van der Waals surface area contributed by atoms with Crippen LogP contribution >= 0.6 is 0 Å². The van der Waals surface area contributed by atoms with E-state index in [1.54, 1.807) is 4.90 Å². The molecular formula is C26H36N4O4. The van der Waals surface area contributed by atoms with Crippen LogP contribution in [0.4, 0.5) is 5.69 Å². The minimum Gasteiger partial charge on any atom is -0.381 e. The van der Waals surface area contributed by atoms with Crippen LogP contribution in [0.15, 0.2) is 18.2 Å². The number of imide groups is 1. The van der Waals surface area contributed by atoms with Crippen molar-refractivity contribution in [3.63, 3.8) is 0 Å². The molecule has 1 aliphatic carbocycles. The zero-order valence-corrected chi connectivity index (χ0v) is 19.8. The fraction of sp³-hybridized carbons (Fsp3) is 0.654. The van der Waals surface area contributed by atoms with Gasteiger partial charge in [-0.05, 0) is 69.4 Å². The number of ether oxygens (including phenoxy) is 1. The quantitative estimate of drug-likeness (QED) is 0.595. The Kier molecular flexibility index (Phi) is 6.88. The van der Waals surface area contributed by atoms with Crippen LogP contribution in [0, 0.1) is 5.92 Å². The summed E-state index contributed by atoms with van der Waals surface area (Å²) in [6.45, 7) is 3.10. The van der Waals surface area contributed by atoms with E-state index in [-0.39, 0.29) is 30.2 Å². The number of fused-ring (bicyclic) bond motifs is 1. The summed E-state index contributed by atoms with van der Waals surface area (Å²) in [5, 5.41) is 2.40. The van der Waals surface area contributed by atoms with Crippen molar-refractivity contribution in [3.8, 4) is 0 Å². The van der Waals surface area contributed by atoms with Gasteiger partial charge in [0.1, 0.15) is 6.04 Å². The Hall–Kier alpha value is -2.45. The maximum atomic E-state index is 13.3. The van der Waals surface area contributed by atoms with Gasteiger partial charge in [0.05, 0.1) is 0 Å². The summed E-state index contributed by atoms with van der Waals surface area (Å²) >= 11 is 0. The van der Waals surface area contributed by atoms with Crippen LogP contribution in [0.2, 0.25) is 0 Å². The molecule has 0 bridgehead atoms. The van der Waals surface area contributed by atoms with Gasteiger partial charge in [0, 0.05) is 61.6 Å². The Balaban J connectivity index is 1.37. The molecule has 3 N–H and O–H groups in total. The smallest absolute Gasteiger partial charge is 0.255 e. The number of hydrogen-bond donors (Lipinski definition) is 2. The molecule has 1 saturated carbocycles. The van der Waals surface area contributed by atoms with Crippen LogP contribution in [0.25, 0.3) is 0 Å². The number of hydrogen-bond acceptors (Lipinski definition) is 6. The molecule has 0 spiro atoms. The van der Waals surface area contributed by atoms with Gasteiger partial charge in [-0.15, -0.1) is 0 Å². The van der Waals surface area contributed by atoms with Gasteiger partial charge in [0.2, 0.25) is 11.8 Å². The third-order valence-electron chi connectivity index (χ3n) is 8.08. The minimum absolute atomic E-state index is 0.111. The summed E-state index contributed by atoms with van der Waals surface area (Å²) in [4.78, 5) is 41.6. The van der Waals surface area contributed by atoms with Crippen LogP contribution in [0.5, 0.6) is 0 Å². The lowest BCUT2D eigenvalue weighted by Crippen LogP contribution is -2.52. The molecule has 0 radical (unpaired) electrons. The van der Waals surface area contributed by atoms with Gasteiger partial charge in [-0.2, -0.15) is 0 Å². The number of benzene rings is 1. The Morgan fingerprint density at radius 3 is 2.65 bits per heavy atom. The van der Waals surface area contributed by atoms with Crippen molar-refractivity contribution in [2.75, 3.05) is 24.7 Å². The number of anilines is 1. The summed E-state index contributed by atoms with van der Waals surface area (Å²) < 4.78 is 5.56. The molecule has 1 aromatic rings. The third kappa shape index (κ3) is 4.70. The first-order valence-corrected chi connectivity index (χ1v) is 12.9. The van der Waals surface area contributed by atoms with Crippen LogP contribution in [0.1, 0.15) is 73.7 Å². The van der Waals surface area contributed by atoms with Gasteiger partial charge in [-0.25, -0.2) is 0 Å². The zero-order chi connectivity index (χ0) is 23.7. The molecule has 4 aliphatic rings. The number of rotatable bonds is 7. The standard InChI is InChI=1S/C26H36N4O4/c27-18-6-8-19(9-7-18)29(13-2-3-17-12-14-34-16-17)22-5-1-4-20-21(22)15-30(26(20)33)23-10-11-24(31)28-25(23)32/h1,4-5,17-19,23H,2-3,6-16,27H2,(H,28,31,32). The van der Waals surface area contributed by atoms with Crippen molar-refractivity contribution >= 4 is 23.4 Å². The highest BCUT2D eigenvalue weighted by Gasteiger charge is 2.40. The van der Waals surface area contributed by atoms with Crippen molar-refractivity contribution in [2.24, 2.45) is 11.7 Å². The van der Waals surface area contributed by atoms with Crippen molar-refractivity contribution in [1.29, 1.82) is 0 Å². The van der Waals surface area contributed by atoms with Crippen LogP contribution in [-0.2, 0) is 20.9 Å². The lowest BCUT2D eigenvalue weighted by Gasteiger charge is -2.39. The molecule has 5 rings (SSSR count). The van der Waals surface area contributed by atoms with E-state index in [1.807, 2.05) is 12.1 Å². The van der Waals surface area contributed by atoms with E-state index in [9.17, 15) is 14.4 Å². The molecule has 1 aromatic carbocycles. The lowest BCUT2D eigenvalue weighted by atomic mass is 9.89. The zero-order valence-electron chi connectivity index (χ0n) is 19.8. The molecule has 8 heteroatoms. The monoisotopic (exact) mass is 468 g/mol. The van der Waals surface area contributed by atoms with Gasteiger partial charge >= 0.3 is 0 Å². The van der Waals surface area contributed by atoms with Crippen molar-refractivity contribution < 1.29 is 19.1 Å². The normalized spacial score (nSPS) is 29.3. The van der Waals surface area contributed by atoms with Crippen LogP contribution < -0.4 is 16.0 Å². The third-order valence-corrected chi connectivity index (χ3v) is 8.08. The molecule has 2 saturated heterocycles. The second-order valence-corrected chi connectivity index (χ2v) is 10.3. The minimum atomic E-state index is -0.589. The number of nitrogens with two attached hydrogens (primary N) is 1. The first kappa shape index (κ1) is 23.3. The maximum absolute atomic E-state index is 13.3. The molecule has 3 heterocycles. The van der Waals surface area contributed by atoms with Gasteiger partial charge in [-0.1, -0.05) is 6.07 Å². The van der Waals surface area contributed by atoms with E-state index >= 15 is 0 Å². The molecule has 34 heavy (non-hydrogen) atoms. The number of carbonyl (C=O) groups excluding carboxylic acids is 3. The highest BCUT2D eigenvalue weighted by molar-refractivity contribution is 6.06. The highest BCUT2D eigenvalue weighted by Crippen LogP contribution is 2.37. The second kappa shape index (κ2) is 10.0. The predicted octanol–water partition coefficient (Wildman–Crippen LogP) is 2.34. The molecule has 8 nitrogen and oxygen atoms in total.